The van der Waals surface area contributed by atoms with Gasteiger partial charge in [-0.25, -0.2) is 9.37 Å². The van der Waals surface area contributed by atoms with E-state index in [1.54, 1.807) is 10.9 Å². The number of aromatic nitrogens is 1. The van der Waals surface area contributed by atoms with E-state index >= 15 is 0 Å². The minimum Gasteiger partial charge on any atom is -0.350 e. The summed E-state index contributed by atoms with van der Waals surface area (Å²) < 4.78 is 13.0. The van der Waals surface area contributed by atoms with Crippen LogP contribution in [0.1, 0.15) is 35.3 Å². The predicted octanol–water partition coefficient (Wildman–Crippen LogP) is 3.13. The summed E-state index contributed by atoms with van der Waals surface area (Å²) in [6, 6.07) is 6.61. The Labute approximate surface area is 120 Å². The number of rotatable bonds is 4. The van der Waals surface area contributed by atoms with Gasteiger partial charge in [0.25, 0.3) is 5.91 Å². The van der Waals surface area contributed by atoms with E-state index in [1.165, 1.54) is 23.5 Å². The highest BCUT2D eigenvalue weighted by atomic mass is 32.1. The Kier molecular flexibility index (Phi) is 3.53. The van der Waals surface area contributed by atoms with Crippen LogP contribution in [0.5, 0.6) is 0 Å². The highest BCUT2D eigenvalue weighted by molar-refractivity contribution is 7.07. The summed E-state index contributed by atoms with van der Waals surface area (Å²) in [5.41, 5.74) is 3.17. The third-order valence-electron chi connectivity index (χ3n) is 4.02. The van der Waals surface area contributed by atoms with Crippen molar-refractivity contribution in [1.82, 2.24) is 10.3 Å². The number of thiazole rings is 1. The van der Waals surface area contributed by atoms with Crippen LogP contribution in [-0.4, -0.2) is 17.4 Å². The van der Waals surface area contributed by atoms with Crippen molar-refractivity contribution < 1.29 is 9.18 Å². The second kappa shape index (κ2) is 5.32. The van der Waals surface area contributed by atoms with Crippen molar-refractivity contribution in [3.63, 3.8) is 0 Å². The number of halogens is 1. The van der Waals surface area contributed by atoms with Crippen molar-refractivity contribution in [1.29, 1.82) is 0 Å². The molecule has 2 aromatic rings. The number of hydrogen-bond acceptors (Lipinski definition) is 3. The van der Waals surface area contributed by atoms with Crippen LogP contribution in [0.3, 0.4) is 0 Å². The molecule has 1 aromatic carbocycles. The molecule has 0 atom stereocenters. The van der Waals surface area contributed by atoms with Crippen molar-refractivity contribution in [2.45, 2.75) is 24.7 Å². The fourth-order valence-electron chi connectivity index (χ4n) is 2.64. The molecule has 0 aliphatic heterocycles. The normalized spacial score (nSPS) is 16.4. The van der Waals surface area contributed by atoms with Gasteiger partial charge < -0.3 is 5.32 Å². The maximum Gasteiger partial charge on any atom is 0.270 e. The number of carbonyl (C=O) groups is 1. The van der Waals surface area contributed by atoms with E-state index in [2.05, 4.69) is 10.3 Å². The first-order valence-electron chi connectivity index (χ1n) is 6.62. The summed E-state index contributed by atoms with van der Waals surface area (Å²) in [4.78, 5) is 16.0. The molecule has 1 fully saturated rings. The molecule has 1 heterocycles. The van der Waals surface area contributed by atoms with Crippen LogP contribution in [0.25, 0.3) is 0 Å². The van der Waals surface area contributed by atoms with E-state index in [9.17, 15) is 9.18 Å². The van der Waals surface area contributed by atoms with E-state index in [4.69, 9.17) is 0 Å². The summed E-state index contributed by atoms with van der Waals surface area (Å²) in [6.45, 7) is 0.578. The molecule has 0 bridgehead atoms. The number of nitrogens with zero attached hydrogens (tertiary/aromatic N) is 1. The summed E-state index contributed by atoms with van der Waals surface area (Å²) in [5.74, 6) is -0.366. The van der Waals surface area contributed by atoms with Gasteiger partial charge in [0.05, 0.1) is 5.51 Å². The van der Waals surface area contributed by atoms with Crippen LogP contribution in [0.2, 0.25) is 0 Å². The van der Waals surface area contributed by atoms with Crippen LogP contribution >= 0.6 is 11.3 Å². The minimum absolute atomic E-state index is 0.0423. The van der Waals surface area contributed by atoms with E-state index in [0.29, 0.717) is 12.2 Å². The van der Waals surface area contributed by atoms with Crippen LogP contribution in [0, 0.1) is 5.82 Å². The quantitative estimate of drug-likeness (QED) is 0.940. The molecule has 1 amide bonds. The van der Waals surface area contributed by atoms with Crippen molar-refractivity contribution >= 4 is 17.2 Å². The molecule has 1 N–H and O–H groups in total. The monoisotopic (exact) mass is 290 g/mol. The third-order valence-corrected chi connectivity index (χ3v) is 4.61. The van der Waals surface area contributed by atoms with E-state index < -0.39 is 0 Å². The number of amides is 1. The van der Waals surface area contributed by atoms with E-state index in [0.717, 1.165) is 24.8 Å². The molecule has 0 radical (unpaired) electrons. The second-order valence-electron chi connectivity index (χ2n) is 5.20. The van der Waals surface area contributed by atoms with Crippen LogP contribution in [-0.2, 0) is 5.41 Å². The van der Waals surface area contributed by atoms with Crippen LogP contribution < -0.4 is 5.32 Å². The molecular formula is C15H15FN2OS. The Bertz CT molecular complexity index is 591. The van der Waals surface area contributed by atoms with Gasteiger partial charge in [0, 0.05) is 17.3 Å². The average molecular weight is 290 g/mol. The zero-order valence-electron chi connectivity index (χ0n) is 10.9. The lowest BCUT2D eigenvalue weighted by Gasteiger charge is -2.42. The molecule has 5 heteroatoms. The minimum atomic E-state index is -0.227. The standard InChI is InChI=1S/C15H15FN2OS/c16-12-4-2-11(3-5-12)15(6-1-7-15)9-17-14(19)13-8-20-10-18-13/h2-5,8,10H,1,6-7,9H2,(H,17,19). The van der Waals surface area contributed by atoms with Crippen molar-refractivity contribution in [2.24, 2.45) is 0 Å². The molecule has 3 nitrogen and oxygen atoms in total. The number of carbonyl (C=O) groups excluding carboxylic acids is 1. The molecule has 0 spiro atoms. The van der Waals surface area contributed by atoms with Gasteiger partial charge in [-0.2, -0.15) is 0 Å². The first-order chi connectivity index (χ1) is 9.70. The van der Waals surface area contributed by atoms with E-state index in [-0.39, 0.29) is 17.1 Å². The summed E-state index contributed by atoms with van der Waals surface area (Å²) >= 11 is 1.41. The smallest absolute Gasteiger partial charge is 0.270 e. The molecule has 1 aliphatic rings. The fourth-order valence-corrected chi connectivity index (χ4v) is 3.17. The maximum absolute atomic E-state index is 13.0. The molecule has 1 saturated carbocycles. The summed E-state index contributed by atoms with van der Waals surface area (Å²) in [6.07, 6.45) is 3.19. The van der Waals surface area contributed by atoms with Gasteiger partial charge in [0.2, 0.25) is 0 Å². The first kappa shape index (κ1) is 13.2. The lowest BCUT2D eigenvalue weighted by atomic mass is 9.64. The maximum atomic E-state index is 13.0. The SMILES string of the molecule is O=C(NCC1(c2ccc(F)cc2)CCC1)c1cscn1. The molecule has 20 heavy (non-hydrogen) atoms. The van der Waals surface area contributed by atoms with Crippen LogP contribution in [0.4, 0.5) is 4.39 Å². The van der Waals surface area contributed by atoms with Crippen molar-refractivity contribution in [2.75, 3.05) is 6.54 Å². The number of benzene rings is 1. The highest BCUT2D eigenvalue weighted by Crippen LogP contribution is 2.43. The first-order valence-corrected chi connectivity index (χ1v) is 7.56. The van der Waals surface area contributed by atoms with Gasteiger partial charge in [-0.05, 0) is 30.5 Å². The van der Waals surface area contributed by atoms with Crippen molar-refractivity contribution in [3.8, 4) is 0 Å². The summed E-state index contributed by atoms with van der Waals surface area (Å²) in [5, 5.41) is 4.69. The van der Waals surface area contributed by atoms with Gasteiger partial charge in [-0.1, -0.05) is 18.6 Å². The lowest BCUT2D eigenvalue weighted by molar-refractivity contribution is 0.0923. The predicted molar refractivity (Wildman–Crippen MR) is 76.4 cm³/mol. The fraction of sp³-hybridized carbons (Fsp3) is 0.333. The second-order valence-corrected chi connectivity index (χ2v) is 5.92. The van der Waals surface area contributed by atoms with Gasteiger partial charge in [-0.15, -0.1) is 11.3 Å². The Morgan fingerprint density at radius 2 is 2.10 bits per heavy atom. The molecule has 3 rings (SSSR count). The van der Waals surface area contributed by atoms with Gasteiger partial charge in [0.1, 0.15) is 11.5 Å². The number of hydrogen-bond donors (Lipinski definition) is 1. The zero-order valence-corrected chi connectivity index (χ0v) is 11.8. The topological polar surface area (TPSA) is 42.0 Å². The van der Waals surface area contributed by atoms with E-state index in [1.807, 2.05) is 12.1 Å². The zero-order chi connectivity index (χ0) is 14.0. The molecule has 1 aromatic heterocycles. The summed E-state index contributed by atoms with van der Waals surface area (Å²) in [7, 11) is 0. The molecule has 0 unspecified atom stereocenters. The van der Waals surface area contributed by atoms with Gasteiger partial charge in [-0.3, -0.25) is 4.79 Å². The number of nitrogens with one attached hydrogen (secondary N) is 1. The molecular weight excluding hydrogens is 275 g/mol. The Morgan fingerprint density at radius 3 is 2.65 bits per heavy atom. The molecule has 0 saturated heterocycles. The van der Waals surface area contributed by atoms with Gasteiger partial charge >= 0.3 is 0 Å². The molecule has 104 valence electrons. The lowest BCUT2D eigenvalue weighted by Crippen LogP contribution is -2.45. The third kappa shape index (κ3) is 2.45. The van der Waals surface area contributed by atoms with Crippen molar-refractivity contribution in [3.05, 3.63) is 52.2 Å². The Morgan fingerprint density at radius 1 is 1.35 bits per heavy atom. The highest BCUT2D eigenvalue weighted by Gasteiger charge is 2.38. The average Bonchev–Trinajstić information content (AvgIpc) is 2.93. The largest absolute Gasteiger partial charge is 0.350 e. The Balaban J connectivity index is 1.70. The van der Waals surface area contributed by atoms with Gasteiger partial charge in [0.15, 0.2) is 0 Å². The van der Waals surface area contributed by atoms with Crippen LogP contribution in [0.15, 0.2) is 35.2 Å². The molecule has 1 aliphatic carbocycles. The Hall–Kier alpha value is -1.75.